The molecule has 0 bridgehead atoms. The van der Waals surface area contributed by atoms with Crippen molar-refractivity contribution in [2.45, 2.75) is 18.4 Å². The van der Waals surface area contributed by atoms with E-state index >= 15 is 0 Å². The van der Waals surface area contributed by atoms with Crippen molar-refractivity contribution >= 4 is 32.7 Å². The maximum Gasteiger partial charge on any atom is 0.419 e. The van der Waals surface area contributed by atoms with E-state index in [2.05, 4.69) is 4.72 Å². The summed E-state index contributed by atoms with van der Waals surface area (Å²) in [6.45, 7) is 2.36. The Hall–Kier alpha value is -2.29. The molecule has 0 aliphatic heterocycles. The monoisotopic (exact) mass is 396 g/mol. The Labute approximate surface area is 155 Å². The molecule has 1 heterocycles. The molecule has 0 amide bonds. The van der Waals surface area contributed by atoms with Gasteiger partial charge in [-0.15, -0.1) is 0 Å². The Morgan fingerprint density at radius 2 is 2.00 bits per heavy atom. The summed E-state index contributed by atoms with van der Waals surface area (Å²) in [6, 6.07) is 9.79. The number of para-hydroxylation sites is 1. The summed E-state index contributed by atoms with van der Waals surface area (Å²) in [7, 11) is -2.41. The predicted molar refractivity (Wildman–Crippen MR) is 98.1 cm³/mol. The molecule has 0 unspecified atom stereocenters. The molecule has 0 saturated carbocycles. The van der Waals surface area contributed by atoms with Crippen molar-refractivity contribution in [2.24, 2.45) is 7.05 Å². The molecule has 0 aliphatic carbocycles. The second-order valence-corrected chi connectivity index (χ2v) is 7.69. The molecule has 138 valence electrons. The first-order valence-electron chi connectivity index (χ1n) is 7.83. The minimum atomic E-state index is -3.92. The average molecular weight is 397 g/mol. The van der Waals surface area contributed by atoms with Gasteiger partial charge in [0.2, 0.25) is 10.0 Å². The molecule has 9 heteroatoms. The average Bonchev–Trinajstić information content (AvgIpc) is 2.88. The summed E-state index contributed by atoms with van der Waals surface area (Å²) in [5.41, 5.74) is 1.26. The minimum absolute atomic E-state index is 0.000469. The molecule has 0 atom stereocenters. The number of hydrogen-bond donors (Lipinski definition) is 1. The lowest BCUT2D eigenvalue weighted by molar-refractivity contribution is 0.336. The molecular weight excluding hydrogens is 380 g/mol. The van der Waals surface area contributed by atoms with Crippen LogP contribution in [-0.4, -0.2) is 19.6 Å². The highest BCUT2D eigenvalue weighted by Gasteiger charge is 2.21. The number of aromatic nitrogens is 1. The molecule has 0 saturated heterocycles. The van der Waals surface area contributed by atoms with E-state index in [0.717, 1.165) is 0 Å². The van der Waals surface area contributed by atoms with Gasteiger partial charge in [-0.25, -0.2) is 17.9 Å². The van der Waals surface area contributed by atoms with Crippen LogP contribution in [0.5, 0.6) is 5.75 Å². The minimum Gasteiger partial charge on any atom is -0.494 e. The Balaban J connectivity index is 1.93. The summed E-state index contributed by atoms with van der Waals surface area (Å²) < 4.78 is 39.6. The second kappa shape index (κ2) is 7.14. The van der Waals surface area contributed by atoms with Gasteiger partial charge in [0.25, 0.3) is 0 Å². The van der Waals surface area contributed by atoms with E-state index in [1.54, 1.807) is 18.2 Å². The Kier molecular flexibility index (Phi) is 5.08. The van der Waals surface area contributed by atoms with Crippen molar-refractivity contribution in [3.8, 4) is 5.75 Å². The Morgan fingerprint density at radius 1 is 1.27 bits per heavy atom. The van der Waals surface area contributed by atoms with Crippen molar-refractivity contribution in [1.29, 1.82) is 0 Å². The molecule has 0 aliphatic rings. The zero-order chi connectivity index (χ0) is 18.9. The van der Waals surface area contributed by atoms with Gasteiger partial charge in [-0.2, -0.15) is 0 Å². The number of nitrogens with one attached hydrogen (secondary N) is 1. The van der Waals surface area contributed by atoms with Crippen molar-refractivity contribution in [1.82, 2.24) is 9.29 Å². The predicted octanol–water partition coefficient (Wildman–Crippen LogP) is 2.66. The zero-order valence-corrected chi connectivity index (χ0v) is 15.7. The van der Waals surface area contributed by atoms with Gasteiger partial charge in [0.1, 0.15) is 10.6 Å². The van der Waals surface area contributed by atoms with Gasteiger partial charge in [-0.05, 0) is 19.1 Å². The van der Waals surface area contributed by atoms with Crippen molar-refractivity contribution in [3.63, 3.8) is 0 Å². The lowest BCUT2D eigenvalue weighted by Crippen LogP contribution is -2.24. The zero-order valence-electron chi connectivity index (χ0n) is 14.2. The highest BCUT2D eigenvalue weighted by Crippen LogP contribution is 2.27. The molecule has 1 aromatic heterocycles. The van der Waals surface area contributed by atoms with Crippen LogP contribution in [0.1, 0.15) is 12.5 Å². The topological polar surface area (TPSA) is 90.5 Å². The van der Waals surface area contributed by atoms with Crippen LogP contribution in [0.15, 0.2) is 50.5 Å². The number of fused-ring (bicyclic) bond motifs is 1. The van der Waals surface area contributed by atoms with Crippen molar-refractivity contribution < 1.29 is 17.6 Å². The lowest BCUT2D eigenvalue weighted by Gasteiger charge is -2.12. The highest BCUT2D eigenvalue weighted by atomic mass is 35.5. The summed E-state index contributed by atoms with van der Waals surface area (Å²) in [5, 5.41) is -0.000469. The first kappa shape index (κ1) is 18.5. The van der Waals surface area contributed by atoms with Gasteiger partial charge in [-0.1, -0.05) is 29.8 Å². The fraction of sp³-hybridized carbons (Fsp3) is 0.235. The fourth-order valence-electron chi connectivity index (χ4n) is 2.53. The van der Waals surface area contributed by atoms with Crippen LogP contribution >= 0.6 is 11.6 Å². The molecular formula is C17H17ClN2O5S. The number of sulfonamides is 1. The summed E-state index contributed by atoms with van der Waals surface area (Å²) in [5.74, 6) is 0.0116. The van der Waals surface area contributed by atoms with Crippen LogP contribution in [-0.2, 0) is 23.6 Å². The van der Waals surface area contributed by atoms with E-state index < -0.39 is 15.8 Å². The fourth-order valence-corrected chi connectivity index (χ4v) is 4.07. The molecule has 1 N–H and O–H groups in total. The van der Waals surface area contributed by atoms with Crippen LogP contribution in [0.25, 0.3) is 11.1 Å². The van der Waals surface area contributed by atoms with Crippen molar-refractivity contribution in [3.05, 3.63) is 57.5 Å². The molecule has 3 aromatic rings. The van der Waals surface area contributed by atoms with Crippen molar-refractivity contribution in [2.75, 3.05) is 6.61 Å². The first-order chi connectivity index (χ1) is 12.3. The highest BCUT2D eigenvalue weighted by molar-refractivity contribution is 7.89. The smallest absolute Gasteiger partial charge is 0.419 e. The van der Waals surface area contributed by atoms with E-state index in [4.69, 9.17) is 20.8 Å². The summed E-state index contributed by atoms with van der Waals surface area (Å²) in [6.07, 6.45) is 0. The SMILES string of the molecule is CCOc1ccccc1CNS(=O)(=O)c1cc2oc(=O)n(C)c2cc1Cl. The normalized spacial score (nSPS) is 11.8. The van der Waals surface area contributed by atoms with Crippen LogP contribution in [0.3, 0.4) is 0 Å². The summed E-state index contributed by atoms with van der Waals surface area (Å²) >= 11 is 6.13. The number of benzene rings is 2. The van der Waals surface area contributed by atoms with Gasteiger partial charge < -0.3 is 9.15 Å². The van der Waals surface area contributed by atoms with Crippen LogP contribution < -0.4 is 15.2 Å². The van der Waals surface area contributed by atoms with E-state index in [9.17, 15) is 13.2 Å². The number of halogens is 1. The Morgan fingerprint density at radius 3 is 2.73 bits per heavy atom. The van der Waals surface area contributed by atoms with Gasteiger partial charge in [-0.3, -0.25) is 4.57 Å². The number of nitrogens with zero attached hydrogens (tertiary/aromatic N) is 1. The lowest BCUT2D eigenvalue weighted by atomic mass is 10.2. The number of hydrogen-bond acceptors (Lipinski definition) is 5. The molecule has 26 heavy (non-hydrogen) atoms. The molecule has 0 fully saturated rings. The van der Waals surface area contributed by atoms with E-state index in [-0.39, 0.29) is 22.0 Å². The van der Waals surface area contributed by atoms with E-state index in [1.807, 2.05) is 13.0 Å². The molecule has 3 rings (SSSR count). The van der Waals surface area contributed by atoms with Gasteiger partial charge >= 0.3 is 5.76 Å². The molecule has 7 nitrogen and oxygen atoms in total. The first-order valence-corrected chi connectivity index (χ1v) is 9.69. The third kappa shape index (κ3) is 3.48. The number of rotatable bonds is 6. The van der Waals surface area contributed by atoms with Gasteiger partial charge in [0.15, 0.2) is 5.58 Å². The van der Waals surface area contributed by atoms with Crippen LogP contribution in [0, 0.1) is 0 Å². The third-order valence-corrected chi connectivity index (χ3v) is 5.73. The maximum atomic E-state index is 12.7. The largest absolute Gasteiger partial charge is 0.494 e. The number of aryl methyl sites for hydroxylation is 1. The quantitative estimate of drug-likeness (QED) is 0.691. The van der Waals surface area contributed by atoms with E-state index in [0.29, 0.717) is 23.4 Å². The van der Waals surface area contributed by atoms with Crippen LogP contribution in [0.4, 0.5) is 0 Å². The van der Waals surface area contributed by atoms with Gasteiger partial charge in [0, 0.05) is 25.2 Å². The molecule has 0 spiro atoms. The third-order valence-electron chi connectivity index (χ3n) is 3.86. The Bertz CT molecular complexity index is 1120. The second-order valence-electron chi connectivity index (χ2n) is 5.54. The van der Waals surface area contributed by atoms with Crippen LogP contribution in [0.2, 0.25) is 5.02 Å². The molecule has 0 radical (unpaired) electrons. The standard InChI is InChI=1S/C17H17ClN2O5S/c1-3-24-14-7-5-4-6-11(14)10-19-26(22,23)16-9-15-13(8-12(16)18)20(2)17(21)25-15/h4-9,19H,3,10H2,1-2H3. The number of ether oxygens (including phenoxy) is 1. The maximum absolute atomic E-state index is 12.7. The molecule has 2 aromatic carbocycles. The number of oxazole rings is 1. The summed E-state index contributed by atoms with van der Waals surface area (Å²) in [4.78, 5) is 11.4. The van der Waals surface area contributed by atoms with E-state index in [1.165, 1.54) is 23.7 Å². The van der Waals surface area contributed by atoms with Gasteiger partial charge in [0.05, 0.1) is 17.1 Å².